The van der Waals surface area contributed by atoms with Gasteiger partial charge in [-0.2, -0.15) is 5.26 Å². The molecule has 2 heterocycles. The maximum Gasteiger partial charge on any atom is 0.306 e. The third-order valence-corrected chi connectivity index (χ3v) is 7.73. The largest absolute Gasteiger partial charge is 0.488 e. The lowest BCUT2D eigenvalue weighted by Gasteiger charge is -2.29. The van der Waals surface area contributed by atoms with Gasteiger partial charge in [0.15, 0.2) is 5.13 Å². The molecule has 38 heavy (non-hydrogen) atoms. The van der Waals surface area contributed by atoms with Gasteiger partial charge in [-0.25, -0.2) is 4.98 Å². The van der Waals surface area contributed by atoms with Crippen LogP contribution in [0.3, 0.4) is 0 Å². The number of methoxy groups -OCH3 is 1. The molecule has 1 saturated heterocycles. The van der Waals surface area contributed by atoms with E-state index in [4.69, 9.17) is 14.5 Å². The molecule has 0 unspecified atom stereocenters. The van der Waals surface area contributed by atoms with E-state index in [0.717, 1.165) is 46.2 Å². The number of carbonyl (C=O) groups is 1. The molecule has 0 radical (unpaired) electrons. The summed E-state index contributed by atoms with van der Waals surface area (Å²) >= 11 is 1.56. The van der Waals surface area contributed by atoms with E-state index < -0.39 is 5.97 Å². The number of aromatic nitrogens is 1. The van der Waals surface area contributed by atoms with Crippen LogP contribution in [0.25, 0.3) is 11.3 Å². The Bertz CT molecular complexity index is 1290. The molecule has 1 fully saturated rings. The highest BCUT2D eigenvalue weighted by Crippen LogP contribution is 2.36. The van der Waals surface area contributed by atoms with Crippen molar-refractivity contribution in [3.05, 3.63) is 64.0 Å². The molecule has 200 valence electrons. The first kappa shape index (κ1) is 27.6. The van der Waals surface area contributed by atoms with Crippen LogP contribution in [0.4, 0.5) is 5.13 Å². The summed E-state index contributed by atoms with van der Waals surface area (Å²) in [5.74, 6) is -0.273. The lowest BCUT2D eigenvalue weighted by molar-refractivity contribution is -0.142. The average molecular weight is 535 g/mol. The SMILES string of the molecule is COCCN(C)Cc1ccc(COc2ccc(C)cc2-c2csc(N3CCC(C(=O)O)CC3)n2)c(C#N)c1. The van der Waals surface area contributed by atoms with Crippen molar-refractivity contribution in [1.82, 2.24) is 9.88 Å². The molecule has 2 aromatic carbocycles. The zero-order valence-electron chi connectivity index (χ0n) is 22.1. The van der Waals surface area contributed by atoms with Crippen molar-refractivity contribution in [3.63, 3.8) is 0 Å². The molecule has 0 aliphatic carbocycles. The highest BCUT2D eigenvalue weighted by molar-refractivity contribution is 7.14. The molecule has 1 aliphatic rings. The summed E-state index contributed by atoms with van der Waals surface area (Å²) in [6.07, 6.45) is 1.26. The number of aliphatic carboxylic acids is 1. The van der Waals surface area contributed by atoms with Crippen LogP contribution in [0.15, 0.2) is 41.8 Å². The van der Waals surface area contributed by atoms with Crippen molar-refractivity contribution < 1.29 is 19.4 Å². The summed E-state index contributed by atoms with van der Waals surface area (Å²) in [6, 6.07) is 14.3. The predicted molar refractivity (Wildman–Crippen MR) is 149 cm³/mol. The van der Waals surface area contributed by atoms with Crippen molar-refractivity contribution in [2.24, 2.45) is 5.92 Å². The van der Waals surface area contributed by atoms with Crippen molar-refractivity contribution >= 4 is 22.4 Å². The second-order valence-electron chi connectivity index (χ2n) is 9.74. The molecule has 1 aliphatic heterocycles. The standard InChI is InChI=1S/C29H34N4O4S/c1-20-4-7-27(37-18-23-6-5-21(15-24(23)16-30)17-32(2)12-13-36-3)25(14-20)26-19-38-29(31-26)33-10-8-22(9-11-33)28(34)35/h4-7,14-15,19,22H,8-13,17-18H2,1-3H3,(H,34,35). The number of hydrogen-bond acceptors (Lipinski definition) is 8. The van der Waals surface area contributed by atoms with E-state index in [1.807, 2.05) is 49.7 Å². The first-order valence-electron chi connectivity index (χ1n) is 12.7. The van der Waals surface area contributed by atoms with Crippen molar-refractivity contribution in [2.45, 2.75) is 32.9 Å². The maximum absolute atomic E-state index is 11.3. The molecule has 0 spiro atoms. The van der Waals surface area contributed by atoms with Gasteiger partial charge in [-0.3, -0.25) is 9.69 Å². The number of nitriles is 1. The molecule has 4 rings (SSSR count). The van der Waals surface area contributed by atoms with E-state index in [2.05, 4.69) is 21.9 Å². The first-order chi connectivity index (χ1) is 18.4. The molecule has 8 nitrogen and oxygen atoms in total. The van der Waals surface area contributed by atoms with Gasteiger partial charge in [-0.15, -0.1) is 11.3 Å². The number of hydrogen-bond donors (Lipinski definition) is 1. The van der Waals surface area contributed by atoms with Crippen LogP contribution in [-0.4, -0.2) is 61.4 Å². The molecule has 3 aromatic rings. The summed E-state index contributed by atoms with van der Waals surface area (Å²) in [4.78, 5) is 20.5. The minimum Gasteiger partial charge on any atom is -0.488 e. The molecule has 1 N–H and O–H groups in total. The normalized spacial score (nSPS) is 14.0. The molecule has 1 aromatic heterocycles. The van der Waals surface area contributed by atoms with E-state index in [1.165, 1.54) is 0 Å². The van der Waals surface area contributed by atoms with Crippen molar-refractivity contribution in [1.29, 1.82) is 5.26 Å². The fourth-order valence-corrected chi connectivity index (χ4v) is 5.45. The number of benzene rings is 2. The van der Waals surface area contributed by atoms with Crippen LogP contribution in [0, 0.1) is 24.2 Å². The molecule has 0 atom stereocenters. The van der Waals surface area contributed by atoms with Crippen molar-refractivity contribution in [2.75, 3.05) is 45.3 Å². The smallest absolute Gasteiger partial charge is 0.306 e. The van der Waals surface area contributed by atoms with Crippen molar-refractivity contribution in [3.8, 4) is 23.1 Å². The third kappa shape index (κ3) is 6.90. The van der Waals surface area contributed by atoms with E-state index in [-0.39, 0.29) is 12.5 Å². The van der Waals surface area contributed by atoms with Gasteiger partial charge < -0.3 is 19.5 Å². The van der Waals surface area contributed by atoms with Crippen LogP contribution >= 0.6 is 11.3 Å². The van der Waals surface area contributed by atoms with Crippen LogP contribution in [0.5, 0.6) is 5.75 Å². The van der Waals surface area contributed by atoms with Gasteiger partial charge in [0.1, 0.15) is 12.4 Å². The predicted octanol–water partition coefficient (Wildman–Crippen LogP) is 4.95. The van der Waals surface area contributed by atoms with Crippen LogP contribution in [0.1, 0.15) is 35.1 Å². The number of ether oxygens (including phenoxy) is 2. The Labute approximate surface area is 228 Å². The number of thiazole rings is 1. The summed E-state index contributed by atoms with van der Waals surface area (Å²) in [6.45, 7) is 5.91. The molecule has 0 bridgehead atoms. The number of anilines is 1. The fraction of sp³-hybridized carbons (Fsp3) is 0.414. The first-order valence-corrected chi connectivity index (χ1v) is 13.6. The van der Waals surface area contributed by atoms with Crippen LogP contribution < -0.4 is 9.64 Å². The van der Waals surface area contributed by atoms with Crippen LogP contribution in [0.2, 0.25) is 0 Å². The topological polar surface area (TPSA) is 98.9 Å². The summed E-state index contributed by atoms with van der Waals surface area (Å²) in [5, 5.41) is 22.0. The number of likely N-dealkylation sites (N-methyl/N-ethyl adjacent to an activating group) is 1. The fourth-order valence-electron chi connectivity index (χ4n) is 4.57. The molecular formula is C29H34N4O4S. The number of carboxylic acids is 1. The average Bonchev–Trinajstić information content (AvgIpc) is 3.42. The monoisotopic (exact) mass is 534 g/mol. The minimum atomic E-state index is -0.713. The highest BCUT2D eigenvalue weighted by atomic mass is 32.1. The number of aryl methyl sites for hydroxylation is 1. The van der Waals surface area contributed by atoms with Crippen LogP contribution in [-0.2, 0) is 22.7 Å². The minimum absolute atomic E-state index is 0.272. The van der Waals surface area contributed by atoms with Gasteiger partial charge in [0, 0.05) is 49.8 Å². The Morgan fingerprint density at radius 2 is 2.05 bits per heavy atom. The van der Waals surface area contributed by atoms with Gasteiger partial charge in [0.25, 0.3) is 0 Å². The molecule has 0 saturated carbocycles. The molecule has 9 heteroatoms. The van der Waals surface area contributed by atoms with E-state index in [1.54, 1.807) is 18.4 Å². The highest BCUT2D eigenvalue weighted by Gasteiger charge is 2.26. The van der Waals surface area contributed by atoms with E-state index in [0.29, 0.717) is 43.9 Å². The van der Waals surface area contributed by atoms with Gasteiger partial charge in [0.2, 0.25) is 0 Å². The van der Waals surface area contributed by atoms with E-state index in [9.17, 15) is 15.2 Å². The lowest BCUT2D eigenvalue weighted by atomic mass is 9.97. The van der Waals surface area contributed by atoms with Gasteiger partial charge in [0.05, 0.1) is 29.9 Å². The Morgan fingerprint density at radius 1 is 1.26 bits per heavy atom. The molecule has 0 amide bonds. The number of nitrogens with zero attached hydrogens (tertiary/aromatic N) is 4. The Hall–Kier alpha value is -3.45. The zero-order chi connectivity index (χ0) is 27.1. The molecular weight excluding hydrogens is 500 g/mol. The number of piperidine rings is 1. The summed E-state index contributed by atoms with van der Waals surface area (Å²) < 4.78 is 11.4. The quantitative estimate of drug-likeness (QED) is 0.369. The number of carboxylic acid groups (broad SMARTS) is 1. The Balaban J connectivity index is 1.46. The number of rotatable bonds is 11. The Morgan fingerprint density at radius 3 is 2.76 bits per heavy atom. The maximum atomic E-state index is 11.3. The van der Waals surface area contributed by atoms with Gasteiger partial charge in [-0.1, -0.05) is 23.8 Å². The van der Waals surface area contributed by atoms with Gasteiger partial charge >= 0.3 is 5.97 Å². The summed E-state index contributed by atoms with van der Waals surface area (Å²) in [7, 11) is 3.72. The van der Waals surface area contributed by atoms with E-state index >= 15 is 0 Å². The second-order valence-corrected chi connectivity index (χ2v) is 10.6. The van der Waals surface area contributed by atoms with Gasteiger partial charge in [-0.05, 0) is 50.6 Å². The Kier molecular flexibility index (Phi) is 9.34. The lowest BCUT2D eigenvalue weighted by Crippen LogP contribution is -2.36. The second kappa shape index (κ2) is 12.9. The third-order valence-electron chi connectivity index (χ3n) is 6.83. The summed E-state index contributed by atoms with van der Waals surface area (Å²) in [5.41, 5.74) is 5.35. The zero-order valence-corrected chi connectivity index (χ0v) is 23.0.